The summed E-state index contributed by atoms with van der Waals surface area (Å²) in [7, 11) is 1.37. The molecular weight excluding hydrogens is 462 g/mol. The third kappa shape index (κ3) is 5.48. The molecular formula is C22H25F4N3O3S. The average molecular weight is 488 g/mol. The average Bonchev–Trinajstić information content (AvgIpc) is 3.11. The van der Waals surface area contributed by atoms with Gasteiger partial charge >= 0.3 is 6.18 Å². The summed E-state index contributed by atoms with van der Waals surface area (Å²) in [6, 6.07) is 7.16. The predicted octanol–water partition coefficient (Wildman–Crippen LogP) is 3.42. The van der Waals surface area contributed by atoms with Crippen LogP contribution in [-0.2, 0) is 9.84 Å². The van der Waals surface area contributed by atoms with E-state index in [1.807, 2.05) is 4.90 Å². The molecule has 0 amide bonds. The van der Waals surface area contributed by atoms with Gasteiger partial charge in [-0.3, -0.25) is 0 Å². The van der Waals surface area contributed by atoms with Crippen LogP contribution in [-0.4, -0.2) is 71.1 Å². The Bertz CT molecular complexity index is 1150. The number of alkyl halides is 3. The zero-order chi connectivity index (χ0) is 24.6. The van der Waals surface area contributed by atoms with Crippen LogP contribution in [0.5, 0.6) is 5.75 Å². The number of halogens is 4. The molecule has 1 atom stereocenters. The highest BCUT2D eigenvalue weighted by Crippen LogP contribution is 2.43. The minimum Gasteiger partial charge on any atom is -0.494 e. The van der Waals surface area contributed by atoms with E-state index in [0.29, 0.717) is 12.1 Å². The Labute approximate surface area is 190 Å². The first-order valence-corrected chi connectivity index (χ1v) is 11.9. The molecule has 33 heavy (non-hydrogen) atoms. The smallest absolute Gasteiger partial charge is 0.409 e. The Morgan fingerprint density at radius 1 is 1.09 bits per heavy atom. The van der Waals surface area contributed by atoms with Crippen molar-refractivity contribution < 1.29 is 30.7 Å². The second-order valence-electron chi connectivity index (χ2n) is 7.97. The summed E-state index contributed by atoms with van der Waals surface area (Å²) in [6.07, 6.45) is -3.62. The minimum atomic E-state index is -4.67. The van der Waals surface area contributed by atoms with Gasteiger partial charge in [0.1, 0.15) is 6.04 Å². The Kier molecular flexibility index (Phi) is 7.06. The fourth-order valence-corrected chi connectivity index (χ4v) is 4.22. The summed E-state index contributed by atoms with van der Waals surface area (Å²) in [5.41, 5.74) is 2.96. The normalized spacial score (nSPS) is 17.2. The first kappa shape index (κ1) is 25.0. The van der Waals surface area contributed by atoms with Gasteiger partial charge in [0.2, 0.25) is 0 Å². The van der Waals surface area contributed by atoms with Gasteiger partial charge in [0, 0.05) is 24.9 Å². The number of nitrogens with one attached hydrogen (secondary N) is 1. The molecule has 0 fully saturated rings. The number of hydrazine groups is 1. The molecule has 180 valence electrons. The number of hydrogen-bond donors (Lipinski definition) is 1. The molecule has 2 aromatic rings. The van der Waals surface area contributed by atoms with E-state index in [4.69, 9.17) is 4.74 Å². The molecule has 1 aliphatic heterocycles. The Hall–Kier alpha value is -2.63. The molecule has 6 nitrogen and oxygen atoms in total. The van der Waals surface area contributed by atoms with Gasteiger partial charge in [-0.25, -0.2) is 18.2 Å². The van der Waals surface area contributed by atoms with Gasteiger partial charge in [-0.15, -0.1) is 0 Å². The molecule has 1 aliphatic rings. The quantitative estimate of drug-likeness (QED) is 0.604. The van der Waals surface area contributed by atoms with Crippen molar-refractivity contribution in [3.8, 4) is 5.75 Å². The lowest BCUT2D eigenvalue weighted by Gasteiger charge is -2.26. The highest BCUT2D eigenvalue weighted by Gasteiger charge is 2.49. The maximum atomic E-state index is 14.5. The summed E-state index contributed by atoms with van der Waals surface area (Å²) in [4.78, 5) is 1.86. The van der Waals surface area contributed by atoms with Crippen LogP contribution in [0, 0.1) is 5.82 Å². The van der Waals surface area contributed by atoms with Crippen molar-refractivity contribution in [3.63, 3.8) is 0 Å². The zero-order valence-electron chi connectivity index (χ0n) is 18.6. The molecule has 3 rings (SSSR count). The lowest BCUT2D eigenvalue weighted by molar-refractivity contribution is -0.147. The van der Waals surface area contributed by atoms with Gasteiger partial charge < -0.3 is 14.6 Å². The van der Waals surface area contributed by atoms with Crippen LogP contribution < -0.4 is 10.2 Å². The van der Waals surface area contributed by atoms with Crippen LogP contribution in [0.4, 0.5) is 17.6 Å². The maximum Gasteiger partial charge on any atom is 0.409 e. The lowest BCUT2D eigenvalue weighted by Crippen LogP contribution is -2.47. The zero-order valence-corrected chi connectivity index (χ0v) is 19.4. The van der Waals surface area contributed by atoms with E-state index < -0.39 is 27.9 Å². The van der Waals surface area contributed by atoms with Crippen LogP contribution in [0.3, 0.4) is 0 Å². The first-order valence-electron chi connectivity index (χ1n) is 9.96. The van der Waals surface area contributed by atoms with Crippen molar-refractivity contribution in [1.29, 1.82) is 0 Å². The Morgan fingerprint density at radius 3 is 2.18 bits per heavy atom. The number of ether oxygens (including phenoxy) is 1. The van der Waals surface area contributed by atoms with Gasteiger partial charge in [-0.2, -0.15) is 13.2 Å². The van der Waals surface area contributed by atoms with Crippen molar-refractivity contribution in [1.82, 2.24) is 15.3 Å². The SMILES string of the molecule is COc1ccc(C2=C(c3ccc(S(C)(=O)=O)cc3)N(CCN(C)C)NC2C(F)(F)F)cc1F. The van der Waals surface area contributed by atoms with E-state index in [-0.39, 0.29) is 34.0 Å². The molecule has 1 N–H and O–H groups in total. The molecule has 1 heterocycles. The Balaban J connectivity index is 2.24. The second-order valence-corrected chi connectivity index (χ2v) is 9.98. The molecule has 0 aliphatic carbocycles. The highest BCUT2D eigenvalue weighted by molar-refractivity contribution is 7.90. The van der Waals surface area contributed by atoms with Crippen molar-refractivity contribution in [2.45, 2.75) is 17.1 Å². The molecule has 0 radical (unpaired) electrons. The Morgan fingerprint density at radius 2 is 1.70 bits per heavy atom. The second kappa shape index (κ2) is 9.32. The van der Waals surface area contributed by atoms with Crippen LogP contribution >= 0.6 is 0 Å². The standard InChI is InChI=1S/C22H25F4N3O3S/c1-28(2)11-12-29-20(14-5-8-16(9-6-14)33(4,30)31)19(21(27-29)22(24,25)26)15-7-10-18(32-3)17(23)13-15/h5-10,13,21,27H,11-12H2,1-4H3. The van der Waals surface area contributed by atoms with Crippen molar-refractivity contribution in [2.75, 3.05) is 40.6 Å². The van der Waals surface area contributed by atoms with E-state index in [1.54, 1.807) is 14.1 Å². The van der Waals surface area contributed by atoms with Crippen molar-refractivity contribution in [2.24, 2.45) is 0 Å². The molecule has 0 bridgehead atoms. The van der Waals surface area contributed by atoms with E-state index in [9.17, 15) is 26.0 Å². The summed E-state index contributed by atoms with van der Waals surface area (Å²) in [5.74, 6) is -0.876. The molecule has 0 spiro atoms. The molecule has 0 saturated carbocycles. The molecule has 0 saturated heterocycles. The number of rotatable bonds is 7. The van der Waals surface area contributed by atoms with Gasteiger partial charge in [0.05, 0.1) is 17.7 Å². The summed E-state index contributed by atoms with van der Waals surface area (Å²) in [5, 5.41) is 1.38. The minimum absolute atomic E-state index is 0.0395. The number of sulfone groups is 1. The number of hydrogen-bond acceptors (Lipinski definition) is 6. The maximum absolute atomic E-state index is 14.5. The van der Waals surface area contributed by atoms with E-state index in [1.165, 1.54) is 48.5 Å². The van der Waals surface area contributed by atoms with Gasteiger partial charge in [-0.1, -0.05) is 18.2 Å². The largest absolute Gasteiger partial charge is 0.494 e. The molecule has 0 aromatic heterocycles. The summed E-state index contributed by atoms with van der Waals surface area (Å²) >= 11 is 0. The summed E-state index contributed by atoms with van der Waals surface area (Å²) < 4.78 is 85.3. The number of methoxy groups -OCH3 is 1. The lowest BCUT2D eigenvalue weighted by atomic mass is 9.94. The highest BCUT2D eigenvalue weighted by atomic mass is 32.2. The van der Waals surface area contributed by atoms with E-state index in [0.717, 1.165) is 12.3 Å². The monoisotopic (exact) mass is 487 g/mol. The van der Waals surface area contributed by atoms with Gasteiger partial charge in [0.15, 0.2) is 21.4 Å². The molecule has 2 aromatic carbocycles. The van der Waals surface area contributed by atoms with Crippen molar-refractivity contribution >= 4 is 21.1 Å². The summed E-state index contributed by atoms with van der Waals surface area (Å²) in [6.45, 7) is 0.637. The fourth-order valence-electron chi connectivity index (χ4n) is 3.59. The number of likely N-dealkylation sites (N-methyl/N-ethyl adjacent to an activating group) is 1. The van der Waals surface area contributed by atoms with Gasteiger partial charge in [-0.05, 0) is 49.5 Å². The van der Waals surface area contributed by atoms with E-state index in [2.05, 4.69) is 5.43 Å². The predicted molar refractivity (Wildman–Crippen MR) is 118 cm³/mol. The molecule has 1 unspecified atom stereocenters. The van der Waals surface area contributed by atoms with Crippen LogP contribution in [0.2, 0.25) is 0 Å². The number of nitrogens with zero attached hydrogens (tertiary/aromatic N) is 2. The van der Waals surface area contributed by atoms with Crippen LogP contribution in [0.1, 0.15) is 11.1 Å². The number of benzene rings is 2. The fraction of sp³-hybridized carbons (Fsp3) is 0.364. The molecule has 11 heteroatoms. The van der Waals surface area contributed by atoms with Crippen LogP contribution in [0.25, 0.3) is 11.3 Å². The third-order valence-electron chi connectivity index (χ3n) is 5.22. The third-order valence-corrected chi connectivity index (χ3v) is 6.34. The van der Waals surface area contributed by atoms with E-state index >= 15 is 0 Å². The van der Waals surface area contributed by atoms with Crippen LogP contribution in [0.15, 0.2) is 47.4 Å². The topological polar surface area (TPSA) is 61.9 Å². The first-order chi connectivity index (χ1) is 15.3. The van der Waals surface area contributed by atoms with Crippen molar-refractivity contribution in [3.05, 3.63) is 59.4 Å². The van der Waals surface area contributed by atoms with Gasteiger partial charge in [0.25, 0.3) is 0 Å².